The van der Waals surface area contributed by atoms with Gasteiger partial charge < -0.3 is 5.32 Å². The molecule has 3 fully saturated rings. The number of nitrogens with one attached hydrogen (secondary N) is 1. The molecule has 4 aliphatic carbocycles. The molecule has 0 spiro atoms. The molecule has 1 aliphatic heterocycles. The van der Waals surface area contributed by atoms with Gasteiger partial charge in [0.15, 0.2) is 0 Å². The molecule has 0 aromatic heterocycles. The topological polar surface area (TPSA) is 66.5 Å². The van der Waals surface area contributed by atoms with E-state index in [-0.39, 0.29) is 47.9 Å². The van der Waals surface area contributed by atoms with Gasteiger partial charge in [-0.05, 0) is 54.7 Å². The van der Waals surface area contributed by atoms with Crippen LogP contribution in [0.25, 0.3) is 0 Å². The second kappa shape index (κ2) is 5.04. The van der Waals surface area contributed by atoms with Crippen LogP contribution < -0.4 is 5.32 Å². The highest BCUT2D eigenvalue weighted by Gasteiger charge is 2.67. The second-order valence-corrected chi connectivity index (χ2v) is 7.83. The van der Waals surface area contributed by atoms with Crippen LogP contribution in [0.5, 0.6) is 0 Å². The van der Waals surface area contributed by atoms with E-state index in [1.54, 1.807) is 6.07 Å². The average Bonchev–Trinajstić information content (AvgIpc) is 3.36. The van der Waals surface area contributed by atoms with Crippen LogP contribution in [0.4, 0.5) is 5.69 Å². The maximum absolute atomic E-state index is 12.8. The van der Waals surface area contributed by atoms with Gasteiger partial charge in [0.2, 0.25) is 17.7 Å². The molecule has 1 N–H and O–H groups in total. The summed E-state index contributed by atoms with van der Waals surface area (Å²) < 4.78 is 0. The molecule has 6 rings (SSSR count). The number of nitrogens with zero attached hydrogens (tertiary/aromatic N) is 1. The molecule has 2 bridgehead atoms. The number of benzene rings is 1. The third-order valence-corrected chi connectivity index (χ3v) is 6.36. The van der Waals surface area contributed by atoms with E-state index in [1.807, 2.05) is 25.1 Å². The van der Waals surface area contributed by atoms with E-state index in [0.29, 0.717) is 17.5 Å². The predicted octanol–water partition coefficient (Wildman–Crippen LogP) is 1.99. The van der Waals surface area contributed by atoms with Gasteiger partial charge in [0, 0.05) is 5.69 Å². The number of likely N-dealkylation sites (tertiary alicyclic amines) is 1. The molecular weight excluding hydrogens is 316 g/mol. The summed E-state index contributed by atoms with van der Waals surface area (Å²) in [5.41, 5.74) is 1.73. The first-order valence-corrected chi connectivity index (χ1v) is 8.94. The molecule has 5 aliphatic rings. The summed E-state index contributed by atoms with van der Waals surface area (Å²) in [6.07, 6.45) is 5.42. The third-order valence-electron chi connectivity index (χ3n) is 6.36. The van der Waals surface area contributed by atoms with Crippen molar-refractivity contribution in [2.45, 2.75) is 13.3 Å². The first-order valence-electron chi connectivity index (χ1n) is 8.94. The fraction of sp³-hybridized carbons (Fsp3) is 0.450. The van der Waals surface area contributed by atoms with Crippen molar-refractivity contribution in [2.75, 3.05) is 11.9 Å². The first-order chi connectivity index (χ1) is 12.0. The molecular formula is C20H20N2O3. The van der Waals surface area contributed by atoms with Crippen LogP contribution in [0.2, 0.25) is 0 Å². The zero-order valence-electron chi connectivity index (χ0n) is 14.0. The van der Waals surface area contributed by atoms with Gasteiger partial charge in [-0.2, -0.15) is 0 Å². The summed E-state index contributed by atoms with van der Waals surface area (Å²) in [5, 5.41) is 2.79. The summed E-state index contributed by atoms with van der Waals surface area (Å²) >= 11 is 0. The average molecular weight is 336 g/mol. The van der Waals surface area contributed by atoms with Gasteiger partial charge in [-0.1, -0.05) is 24.3 Å². The maximum Gasteiger partial charge on any atom is 0.244 e. The van der Waals surface area contributed by atoms with Crippen LogP contribution in [-0.2, 0) is 14.4 Å². The molecule has 1 heterocycles. The van der Waals surface area contributed by atoms with Crippen molar-refractivity contribution in [3.8, 4) is 0 Å². The quantitative estimate of drug-likeness (QED) is 0.678. The number of rotatable bonds is 3. The number of imide groups is 1. The normalized spacial score (nSPS) is 37.1. The predicted molar refractivity (Wildman–Crippen MR) is 91.2 cm³/mol. The number of aryl methyl sites for hydroxylation is 1. The van der Waals surface area contributed by atoms with Crippen molar-refractivity contribution in [3.63, 3.8) is 0 Å². The Bertz CT molecular complexity index is 794. The van der Waals surface area contributed by atoms with E-state index in [2.05, 4.69) is 17.5 Å². The Balaban J connectivity index is 1.33. The summed E-state index contributed by atoms with van der Waals surface area (Å²) in [4.78, 5) is 39.2. The molecule has 2 saturated carbocycles. The van der Waals surface area contributed by atoms with E-state index in [4.69, 9.17) is 0 Å². The Hall–Kier alpha value is -2.43. The molecule has 128 valence electrons. The Morgan fingerprint density at radius 2 is 1.76 bits per heavy atom. The molecule has 6 atom stereocenters. The van der Waals surface area contributed by atoms with Crippen molar-refractivity contribution < 1.29 is 14.4 Å². The Morgan fingerprint density at radius 3 is 2.36 bits per heavy atom. The minimum absolute atomic E-state index is 0.154. The lowest BCUT2D eigenvalue weighted by Gasteiger charge is -2.37. The van der Waals surface area contributed by atoms with Gasteiger partial charge in [0.25, 0.3) is 0 Å². The largest absolute Gasteiger partial charge is 0.325 e. The standard InChI is InChI=1S/C20H20N2O3/c1-10-3-2-4-11(7-10)21-16(23)9-22-19(24)17-12-5-6-13(15-8-14(12)15)18(17)20(22)25/h2-7,12-15,17-18H,8-9H2,1H3,(H,21,23). The van der Waals surface area contributed by atoms with E-state index >= 15 is 0 Å². The fourth-order valence-corrected chi connectivity index (χ4v) is 5.24. The van der Waals surface area contributed by atoms with E-state index < -0.39 is 0 Å². The van der Waals surface area contributed by atoms with Crippen molar-refractivity contribution in [1.82, 2.24) is 4.90 Å². The van der Waals surface area contributed by atoms with Gasteiger partial charge in [-0.15, -0.1) is 0 Å². The molecule has 0 radical (unpaired) electrons. The molecule has 25 heavy (non-hydrogen) atoms. The molecule has 6 unspecified atom stereocenters. The highest BCUT2D eigenvalue weighted by Crippen LogP contribution is 2.65. The number of carbonyl (C=O) groups excluding carboxylic acids is 3. The smallest absolute Gasteiger partial charge is 0.244 e. The number of hydrogen-bond donors (Lipinski definition) is 1. The summed E-state index contributed by atoms with van der Waals surface area (Å²) in [7, 11) is 0. The Morgan fingerprint density at radius 1 is 1.12 bits per heavy atom. The Labute approximate surface area is 146 Å². The number of allylic oxidation sites excluding steroid dienone is 2. The Kier molecular flexibility index (Phi) is 3.00. The van der Waals surface area contributed by atoms with Crippen LogP contribution in [-0.4, -0.2) is 29.2 Å². The van der Waals surface area contributed by atoms with Gasteiger partial charge >= 0.3 is 0 Å². The zero-order valence-corrected chi connectivity index (χ0v) is 14.0. The maximum atomic E-state index is 12.8. The van der Waals surface area contributed by atoms with Gasteiger partial charge in [-0.25, -0.2) is 0 Å². The van der Waals surface area contributed by atoms with Crippen molar-refractivity contribution in [1.29, 1.82) is 0 Å². The number of carbonyl (C=O) groups is 3. The minimum Gasteiger partial charge on any atom is -0.325 e. The van der Waals surface area contributed by atoms with Gasteiger partial charge in [0.05, 0.1) is 11.8 Å². The van der Waals surface area contributed by atoms with Crippen LogP contribution in [0, 0.1) is 42.4 Å². The first kappa shape index (κ1) is 14.9. The van der Waals surface area contributed by atoms with Gasteiger partial charge in [0.1, 0.15) is 6.54 Å². The monoisotopic (exact) mass is 336 g/mol. The molecule has 1 aromatic rings. The molecule has 1 aromatic carbocycles. The summed E-state index contributed by atoms with van der Waals surface area (Å²) in [6.45, 7) is 1.76. The van der Waals surface area contributed by atoms with E-state index in [9.17, 15) is 14.4 Å². The highest BCUT2D eigenvalue weighted by atomic mass is 16.2. The van der Waals surface area contributed by atoms with Crippen LogP contribution in [0.1, 0.15) is 12.0 Å². The minimum atomic E-state index is -0.323. The second-order valence-electron chi connectivity index (χ2n) is 7.83. The van der Waals surface area contributed by atoms with Crippen molar-refractivity contribution >= 4 is 23.4 Å². The molecule has 1 saturated heterocycles. The van der Waals surface area contributed by atoms with Gasteiger partial charge in [-0.3, -0.25) is 19.3 Å². The molecule has 5 heteroatoms. The van der Waals surface area contributed by atoms with Crippen LogP contribution >= 0.6 is 0 Å². The van der Waals surface area contributed by atoms with Crippen molar-refractivity contribution in [3.05, 3.63) is 42.0 Å². The molecule has 5 nitrogen and oxygen atoms in total. The molecule has 3 amide bonds. The SMILES string of the molecule is Cc1cccc(NC(=O)CN2C(=O)C3C4C=CC(C5CC45)C3C2=O)c1. The summed E-state index contributed by atoms with van der Waals surface area (Å²) in [6, 6.07) is 7.47. The van der Waals surface area contributed by atoms with Crippen LogP contribution in [0.15, 0.2) is 36.4 Å². The van der Waals surface area contributed by atoms with Crippen molar-refractivity contribution in [2.24, 2.45) is 35.5 Å². The lowest BCUT2D eigenvalue weighted by molar-refractivity contribution is -0.142. The number of hydrogen-bond acceptors (Lipinski definition) is 3. The summed E-state index contributed by atoms with van der Waals surface area (Å²) in [5.74, 6) is 0.441. The fourth-order valence-electron chi connectivity index (χ4n) is 5.24. The number of amides is 3. The lowest BCUT2D eigenvalue weighted by atomic mass is 9.63. The lowest BCUT2D eigenvalue weighted by Crippen LogP contribution is -2.40. The third kappa shape index (κ3) is 2.11. The van der Waals surface area contributed by atoms with Crippen LogP contribution in [0.3, 0.4) is 0 Å². The van der Waals surface area contributed by atoms with E-state index in [0.717, 1.165) is 12.0 Å². The van der Waals surface area contributed by atoms with E-state index in [1.165, 1.54) is 4.90 Å². The number of anilines is 1. The highest BCUT2D eigenvalue weighted by molar-refractivity contribution is 6.09. The zero-order chi connectivity index (χ0) is 17.3.